The fraction of sp³-hybridized carbons (Fsp3) is 0.529. The summed E-state index contributed by atoms with van der Waals surface area (Å²) < 4.78 is 0. The number of hydrogen-bond donors (Lipinski definition) is 2. The van der Waals surface area contributed by atoms with Crippen LogP contribution in [0.4, 0.5) is 4.79 Å². The van der Waals surface area contributed by atoms with Gasteiger partial charge in [-0.05, 0) is 55.2 Å². The Kier molecular flexibility index (Phi) is 4.32. The van der Waals surface area contributed by atoms with Crippen molar-refractivity contribution < 1.29 is 14.7 Å². The fourth-order valence-corrected chi connectivity index (χ4v) is 3.20. The second kappa shape index (κ2) is 6.38. The number of likely N-dealkylation sites (tertiary alicyclic amines) is 1. The van der Waals surface area contributed by atoms with Crippen LogP contribution in [0, 0.1) is 11.8 Å². The van der Waals surface area contributed by atoms with Gasteiger partial charge in [0.2, 0.25) is 0 Å². The van der Waals surface area contributed by atoms with Crippen molar-refractivity contribution in [3.05, 3.63) is 35.4 Å². The quantitative estimate of drug-likeness (QED) is 0.898. The summed E-state index contributed by atoms with van der Waals surface area (Å²) in [6, 6.07) is 6.61. The minimum absolute atomic E-state index is 0.00680. The molecular weight excluding hydrogens is 280 g/mol. The van der Waals surface area contributed by atoms with Crippen molar-refractivity contribution in [2.24, 2.45) is 11.8 Å². The van der Waals surface area contributed by atoms with E-state index >= 15 is 0 Å². The summed E-state index contributed by atoms with van der Waals surface area (Å²) in [6.45, 7) is 2.16. The van der Waals surface area contributed by atoms with Crippen LogP contribution in [-0.2, 0) is 6.54 Å². The topological polar surface area (TPSA) is 69.6 Å². The van der Waals surface area contributed by atoms with E-state index in [1.54, 1.807) is 24.3 Å². The number of hydrogen-bond acceptors (Lipinski definition) is 2. The average Bonchev–Trinajstić information content (AvgIpc) is 3.38. The summed E-state index contributed by atoms with van der Waals surface area (Å²) >= 11 is 0. The van der Waals surface area contributed by atoms with Crippen molar-refractivity contribution in [1.29, 1.82) is 0 Å². The Hall–Kier alpha value is -2.04. The van der Waals surface area contributed by atoms with Gasteiger partial charge in [0.05, 0.1) is 5.56 Å². The minimum Gasteiger partial charge on any atom is -0.478 e. The van der Waals surface area contributed by atoms with Crippen LogP contribution in [0.15, 0.2) is 24.3 Å². The maximum atomic E-state index is 12.3. The van der Waals surface area contributed by atoms with E-state index in [1.807, 2.05) is 4.90 Å². The Morgan fingerprint density at radius 3 is 2.50 bits per heavy atom. The van der Waals surface area contributed by atoms with E-state index in [-0.39, 0.29) is 11.6 Å². The van der Waals surface area contributed by atoms with E-state index in [0.717, 1.165) is 31.0 Å². The Morgan fingerprint density at radius 2 is 1.86 bits per heavy atom. The van der Waals surface area contributed by atoms with E-state index in [4.69, 9.17) is 5.11 Å². The maximum absolute atomic E-state index is 12.3. The third-order valence-electron chi connectivity index (χ3n) is 4.68. The molecule has 1 aromatic carbocycles. The van der Waals surface area contributed by atoms with Gasteiger partial charge < -0.3 is 15.3 Å². The molecule has 0 bridgehead atoms. The van der Waals surface area contributed by atoms with Gasteiger partial charge in [-0.25, -0.2) is 9.59 Å². The summed E-state index contributed by atoms with van der Waals surface area (Å²) in [7, 11) is 0. The molecule has 1 atom stereocenters. The molecule has 1 aliphatic carbocycles. The number of carbonyl (C=O) groups is 2. The lowest BCUT2D eigenvalue weighted by atomic mass is 9.93. The molecule has 1 saturated heterocycles. The van der Waals surface area contributed by atoms with E-state index in [0.29, 0.717) is 12.5 Å². The van der Waals surface area contributed by atoms with Crippen molar-refractivity contribution in [3.8, 4) is 0 Å². The fourth-order valence-electron chi connectivity index (χ4n) is 3.20. The zero-order valence-corrected chi connectivity index (χ0v) is 12.6. The predicted molar refractivity (Wildman–Crippen MR) is 82.7 cm³/mol. The molecule has 2 fully saturated rings. The molecule has 2 aliphatic rings. The number of carboxylic acid groups (broad SMARTS) is 1. The van der Waals surface area contributed by atoms with Gasteiger partial charge >= 0.3 is 12.0 Å². The molecule has 0 radical (unpaired) electrons. The third-order valence-corrected chi connectivity index (χ3v) is 4.68. The number of amides is 2. The molecule has 5 nitrogen and oxygen atoms in total. The third kappa shape index (κ3) is 3.59. The van der Waals surface area contributed by atoms with Crippen molar-refractivity contribution in [2.75, 3.05) is 13.1 Å². The number of carbonyl (C=O) groups excluding carboxylic acids is 1. The highest BCUT2D eigenvalue weighted by Gasteiger charge is 2.35. The number of piperidine rings is 1. The van der Waals surface area contributed by atoms with Crippen LogP contribution in [0.3, 0.4) is 0 Å². The zero-order chi connectivity index (χ0) is 15.5. The van der Waals surface area contributed by atoms with Crippen molar-refractivity contribution in [3.63, 3.8) is 0 Å². The Labute approximate surface area is 130 Å². The number of benzene rings is 1. The summed E-state index contributed by atoms with van der Waals surface area (Å²) in [5.41, 5.74) is 1.17. The molecule has 3 rings (SSSR count). The molecular formula is C17H22N2O3. The maximum Gasteiger partial charge on any atom is 0.335 e. The summed E-state index contributed by atoms with van der Waals surface area (Å²) in [5, 5.41) is 11.8. The molecule has 1 unspecified atom stereocenters. The highest BCUT2D eigenvalue weighted by atomic mass is 16.4. The van der Waals surface area contributed by atoms with Gasteiger partial charge in [0.25, 0.3) is 0 Å². The van der Waals surface area contributed by atoms with Crippen LogP contribution >= 0.6 is 0 Å². The lowest BCUT2D eigenvalue weighted by Crippen LogP contribution is -2.45. The first-order valence-corrected chi connectivity index (χ1v) is 7.98. The van der Waals surface area contributed by atoms with E-state index in [1.165, 1.54) is 19.3 Å². The Morgan fingerprint density at radius 1 is 1.14 bits per heavy atom. The molecule has 22 heavy (non-hydrogen) atoms. The average molecular weight is 302 g/mol. The van der Waals surface area contributed by atoms with Gasteiger partial charge in [-0.2, -0.15) is 0 Å². The van der Waals surface area contributed by atoms with Crippen molar-refractivity contribution in [1.82, 2.24) is 10.2 Å². The number of carboxylic acids is 1. The predicted octanol–water partition coefficient (Wildman–Crippen LogP) is 2.72. The van der Waals surface area contributed by atoms with Crippen LogP contribution < -0.4 is 5.32 Å². The monoisotopic (exact) mass is 302 g/mol. The van der Waals surface area contributed by atoms with Gasteiger partial charge in [0.1, 0.15) is 0 Å². The Balaban J connectivity index is 1.49. The molecule has 2 amide bonds. The minimum atomic E-state index is -0.935. The zero-order valence-electron chi connectivity index (χ0n) is 12.6. The first-order chi connectivity index (χ1) is 10.6. The number of nitrogens with zero attached hydrogens (tertiary/aromatic N) is 1. The van der Waals surface area contributed by atoms with E-state index in [9.17, 15) is 9.59 Å². The van der Waals surface area contributed by atoms with Gasteiger partial charge in [-0.1, -0.05) is 12.1 Å². The van der Waals surface area contributed by atoms with Crippen LogP contribution in [0.5, 0.6) is 0 Å². The molecule has 1 aliphatic heterocycles. The number of nitrogens with one attached hydrogen (secondary N) is 1. The smallest absolute Gasteiger partial charge is 0.335 e. The molecule has 2 N–H and O–H groups in total. The van der Waals surface area contributed by atoms with Gasteiger partial charge in [-0.15, -0.1) is 0 Å². The number of aromatic carboxylic acids is 1. The number of rotatable bonds is 4. The SMILES string of the molecule is O=C(O)c1ccc(CNC(=O)N2CCCC(C3CC3)C2)cc1. The molecule has 118 valence electrons. The summed E-state index contributed by atoms with van der Waals surface area (Å²) in [5.74, 6) is 0.600. The molecule has 5 heteroatoms. The van der Waals surface area contributed by atoms with Crippen LogP contribution in [0.2, 0.25) is 0 Å². The van der Waals surface area contributed by atoms with E-state index < -0.39 is 5.97 Å². The van der Waals surface area contributed by atoms with Crippen molar-refractivity contribution >= 4 is 12.0 Å². The van der Waals surface area contributed by atoms with Crippen LogP contribution in [0.25, 0.3) is 0 Å². The van der Waals surface area contributed by atoms with Crippen LogP contribution in [-0.4, -0.2) is 35.1 Å². The molecule has 1 heterocycles. The molecule has 1 aromatic rings. The largest absolute Gasteiger partial charge is 0.478 e. The van der Waals surface area contributed by atoms with Gasteiger partial charge in [-0.3, -0.25) is 0 Å². The highest BCUT2D eigenvalue weighted by molar-refractivity contribution is 5.87. The summed E-state index contributed by atoms with van der Waals surface area (Å²) in [4.78, 5) is 25.0. The molecule has 1 saturated carbocycles. The number of urea groups is 1. The second-order valence-electron chi connectivity index (χ2n) is 6.35. The Bertz CT molecular complexity index is 552. The van der Waals surface area contributed by atoms with Crippen molar-refractivity contribution in [2.45, 2.75) is 32.2 Å². The molecule has 0 spiro atoms. The van der Waals surface area contributed by atoms with Gasteiger partial charge in [0.15, 0.2) is 0 Å². The second-order valence-corrected chi connectivity index (χ2v) is 6.35. The first-order valence-electron chi connectivity index (χ1n) is 7.98. The standard InChI is InChI=1S/C17H22N2O3/c20-16(21)14-5-3-12(4-6-14)10-18-17(22)19-9-1-2-15(11-19)13-7-8-13/h3-6,13,15H,1-2,7-11H2,(H,18,22)(H,20,21). The molecule has 0 aromatic heterocycles. The van der Waals surface area contributed by atoms with Gasteiger partial charge in [0, 0.05) is 19.6 Å². The normalized spacial score (nSPS) is 21.5. The highest BCUT2D eigenvalue weighted by Crippen LogP contribution is 2.40. The van der Waals surface area contributed by atoms with E-state index in [2.05, 4.69) is 5.32 Å². The lowest BCUT2D eigenvalue weighted by Gasteiger charge is -2.33. The first kappa shape index (κ1) is 14.9. The summed E-state index contributed by atoms with van der Waals surface area (Å²) in [6.07, 6.45) is 5.01. The van der Waals surface area contributed by atoms with Crippen LogP contribution in [0.1, 0.15) is 41.6 Å². The lowest BCUT2D eigenvalue weighted by molar-refractivity contribution is 0.0697.